The number of para-hydroxylation sites is 1. The molecule has 0 radical (unpaired) electrons. The Morgan fingerprint density at radius 3 is 2.03 bits per heavy atom. The molecule has 10 nitrogen and oxygen atoms in total. The van der Waals surface area contributed by atoms with Crippen molar-refractivity contribution < 1.29 is 42.9 Å². The van der Waals surface area contributed by atoms with Crippen molar-refractivity contribution >= 4 is 34.8 Å². The minimum absolute atomic E-state index is 0.270. The van der Waals surface area contributed by atoms with Crippen molar-refractivity contribution in [2.45, 2.75) is 58.3 Å². The second-order valence-corrected chi connectivity index (χ2v) is 7.37. The zero-order chi connectivity index (χ0) is 23.4. The minimum atomic E-state index is -1.21. The standard InChI is InChI=1S/C22H25NO9/c1-12(24)28-11-18-19(29-13(2)25)20(30-14(3)26)21(31-15(4)27)22(32-18)23-10-9-16-7-5-6-8-17(16)23/h5-10,18-22H,11H2,1-4H3/t18-,19-,20+,21-,22+/m1/s1. The maximum absolute atomic E-state index is 11.9. The van der Waals surface area contributed by atoms with Gasteiger partial charge in [0.1, 0.15) is 12.7 Å². The number of ether oxygens (including phenoxy) is 5. The summed E-state index contributed by atoms with van der Waals surface area (Å²) in [7, 11) is 0. The summed E-state index contributed by atoms with van der Waals surface area (Å²) in [5.74, 6) is -2.55. The monoisotopic (exact) mass is 447 g/mol. The lowest BCUT2D eigenvalue weighted by atomic mass is 9.97. The first kappa shape index (κ1) is 23.3. The fourth-order valence-corrected chi connectivity index (χ4v) is 3.76. The summed E-state index contributed by atoms with van der Waals surface area (Å²) in [5.41, 5.74) is 0.772. The Balaban J connectivity index is 2.10. The van der Waals surface area contributed by atoms with E-state index < -0.39 is 54.5 Å². The lowest BCUT2D eigenvalue weighted by Crippen LogP contribution is -2.60. The highest BCUT2D eigenvalue weighted by Crippen LogP contribution is 2.36. The molecule has 0 N–H and O–H groups in total. The highest BCUT2D eigenvalue weighted by atomic mass is 16.7. The molecule has 1 aliphatic heterocycles. The molecular weight excluding hydrogens is 422 g/mol. The topological polar surface area (TPSA) is 119 Å². The maximum Gasteiger partial charge on any atom is 0.303 e. The normalized spacial score (nSPS) is 25.1. The Labute approximate surface area is 184 Å². The van der Waals surface area contributed by atoms with Gasteiger partial charge in [0.2, 0.25) is 0 Å². The van der Waals surface area contributed by atoms with Crippen LogP contribution in [0.2, 0.25) is 0 Å². The number of carbonyl (C=O) groups excluding carboxylic acids is 4. The Morgan fingerprint density at radius 2 is 1.41 bits per heavy atom. The van der Waals surface area contributed by atoms with Gasteiger partial charge in [-0.1, -0.05) is 18.2 Å². The lowest BCUT2D eigenvalue weighted by Gasteiger charge is -2.44. The molecule has 0 aliphatic carbocycles. The van der Waals surface area contributed by atoms with E-state index in [4.69, 9.17) is 23.7 Å². The summed E-state index contributed by atoms with van der Waals surface area (Å²) in [6.45, 7) is 4.53. The van der Waals surface area contributed by atoms with Gasteiger partial charge in [-0.2, -0.15) is 0 Å². The smallest absolute Gasteiger partial charge is 0.303 e. The van der Waals surface area contributed by atoms with Crippen molar-refractivity contribution in [3.8, 4) is 0 Å². The van der Waals surface area contributed by atoms with E-state index in [0.717, 1.165) is 10.9 Å². The van der Waals surface area contributed by atoms with Crippen molar-refractivity contribution in [3.05, 3.63) is 36.5 Å². The van der Waals surface area contributed by atoms with Crippen LogP contribution in [0.25, 0.3) is 10.9 Å². The van der Waals surface area contributed by atoms with Crippen LogP contribution < -0.4 is 0 Å². The zero-order valence-electron chi connectivity index (χ0n) is 18.2. The molecule has 0 spiro atoms. The van der Waals surface area contributed by atoms with E-state index in [1.165, 1.54) is 27.7 Å². The molecule has 0 unspecified atom stereocenters. The fraction of sp³-hybridized carbons (Fsp3) is 0.455. The number of rotatable bonds is 6. The van der Waals surface area contributed by atoms with Gasteiger partial charge in [0.15, 0.2) is 24.5 Å². The molecule has 3 rings (SSSR count). The predicted octanol–water partition coefficient (Wildman–Crippen LogP) is 1.90. The number of esters is 4. The summed E-state index contributed by atoms with van der Waals surface area (Å²) >= 11 is 0. The third kappa shape index (κ3) is 5.25. The molecule has 0 bridgehead atoms. The maximum atomic E-state index is 11.9. The Kier molecular flexibility index (Phi) is 7.14. The molecule has 5 atom stereocenters. The van der Waals surface area contributed by atoms with Gasteiger partial charge in [0.05, 0.1) is 5.52 Å². The second-order valence-electron chi connectivity index (χ2n) is 7.37. The van der Waals surface area contributed by atoms with E-state index in [-0.39, 0.29) is 6.61 Å². The molecule has 0 saturated carbocycles. The molecule has 1 aliphatic rings. The van der Waals surface area contributed by atoms with E-state index in [2.05, 4.69) is 0 Å². The van der Waals surface area contributed by atoms with Crippen molar-refractivity contribution in [1.29, 1.82) is 0 Å². The molecule has 0 amide bonds. The number of aromatic nitrogens is 1. The van der Waals surface area contributed by atoms with Gasteiger partial charge in [-0.05, 0) is 17.5 Å². The minimum Gasteiger partial charge on any atom is -0.463 e. The molecule has 1 fully saturated rings. The first-order valence-electron chi connectivity index (χ1n) is 10.0. The molecule has 32 heavy (non-hydrogen) atoms. The van der Waals surface area contributed by atoms with Crippen LogP contribution in [0.5, 0.6) is 0 Å². The number of nitrogens with zero attached hydrogens (tertiary/aromatic N) is 1. The third-order valence-corrected chi connectivity index (χ3v) is 4.87. The summed E-state index contributed by atoms with van der Waals surface area (Å²) in [5, 5.41) is 0.903. The van der Waals surface area contributed by atoms with Crippen LogP contribution >= 0.6 is 0 Å². The number of hydrogen-bond donors (Lipinski definition) is 0. The van der Waals surface area contributed by atoms with Gasteiger partial charge in [-0.25, -0.2) is 0 Å². The van der Waals surface area contributed by atoms with E-state index in [1.807, 2.05) is 30.3 Å². The van der Waals surface area contributed by atoms with Gasteiger partial charge in [0, 0.05) is 33.9 Å². The first-order valence-corrected chi connectivity index (χ1v) is 10.0. The van der Waals surface area contributed by atoms with E-state index in [0.29, 0.717) is 0 Å². The third-order valence-electron chi connectivity index (χ3n) is 4.87. The molecular formula is C22H25NO9. The van der Waals surface area contributed by atoms with Crippen LogP contribution in [-0.2, 0) is 42.9 Å². The molecule has 1 aromatic carbocycles. The molecule has 1 saturated heterocycles. The summed E-state index contributed by atoms with van der Waals surface area (Å²) < 4.78 is 29.4. The molecule has 2 heterocycles. The van der Waals surface area contributed by atoms with Crippen LogP contribution in [-0.4, -0.2) is 59.5 Å². The molecule has 1 aromatic heterocycles. The van der Waals surface area contributed by atoms with Gasteiger partial charge >= 0.3 is 23.9 Å². The van der Waals surface area contributed by atoms with Crippen molar-refractivity contribution in [1.82, 2.24) is 4.57 Å². The Morgan fingerprint density at radius 1 is 0.812 bits per heavy atom. The summed E-state index contributed by atoms with van der Waals surface area (Å²) in [4.78, 5) is 47.1. The molecule has 10 heteroatoms. The van der Waals surface area contributed by atoms with Gasteiger partial charge < -0.3 is 28.3 Å². The van der Waals surface area contributed by atoms with Gasteiger partial charge in [-0.15, -0.1) is 0 Å². The van der Waals surface area contributed by atoms with Gasteiger partial charge in [-0.3, -0.25) is 19.2 Å². The number of benzene rings is 1. The van der Waals surface area contributed by atoms with Crippen molar-refractivity contribution in [2.24, 2.45) is 0 Å². The number of fused-ring (bicyclic) bond motifs is 1. The Hall–Kier alpha value is -3.40. The highest BCUT2D eigenvalue weighted by molar-refractivity contribution is 5.80. The SMILES string of the molecule is CC(=O)OC[C@H]1O[C@H](n2ccc3ccccc32)[C@H](OC(C)=O)[C@@H](OC(C)=O)[C@@H]1OC(C)=O. The average Bonchev–Trinajstić information content (AvgIpc) is 3.12. The van der Waals surface area contributed by atoms with E-state index >= 15 is 0 Å². The van der Waals surface area contributed by atoms with E-state index in [9.17, 15) is 19.2 Å². The summed E-state index contributed by atoms with van der Waals surface area (Å²) in [6, 6.07) is 9.31. The molecule has 2 aromatic rings. The largest absolute Gasteiger partial charge is 0.463 e. The second kappa shape index (κ2) is 9.82. The van der Waals surface area contributed by atoms with Crippen LogP contribution in [0, 0.1) is 0 Å². The highest BCUT2D eigenvalue weighted by Gasteiger charge is 2.52. The van der Waals surface area contributed by atoms with Crippen molar-refractivity contribution in [2.75, 3.05) is 6.61 Å². The van der Waals surface area contributed by atoms with Crippen LogP contribution in [0.3, 0.4) is 0 Å². The lowest BCUT2D eigenvalue weighted by molar-refractivity contribution is -0.267. The van der Waals surface area contributed by atoms with Crippen LogP contribution in [0.1, 0.15) is 33.9 Å². The zero-order valence-corrected chi connectivity index (χ0v) is 18.2. The fourth-order valence-electron chi connectivity index (χ4n) is 3.76. The summed E-state index contributed by atoms with van der Waals surface area (Å²) in [6.07, 6.45) is -3.75. The molecule has 172 valence electrons. The predicted molar refractivity (Wildman–Crippen MR) is 109 cm³/mol. The van der Waals surface area contributed by atoms with Crippen LogP contribution in [0.4, 0.5) is 0 Å². The quantitative estimate of drug-likeness (QED) is 0.483. The van der Waals surface area contributed by atoms with Crippen molar-refractivity contribution in [3.63, 3.8) is 0 Å². The average molecular weight is 447 g/mol. The Bertz CT molecular complexity index is 1010. The van der Waals surface area contributed by atoms with E-state index in [1.54, 1.807) is 10.8 Å². The van der Waals surface area contributed by atoms with Gasteiger partial charge in [0.25, 0.3) is 0 Å². The first-order chi connectivity index (χ1) is 15.2. The number of carbonyl (C=O) groups is 4. The van der Waals surface area contributed by atoms with Crippen LogP contribution in [0.15, 0.2) is 36.5 Å². The number of hydrogen-bond acceptors (Lipinski definition) is 9.